The van der Waals surface area contributed by atoms with E-state index in [9.17, 15) is 19.5 Å². The van der Waals surface area contributed by atoms with E-state index >= 15 is 0 Å². The molecule has 8 heteroatoms. The number of hydrogen-bond donors (Lipinski definition) is 4. The summed E-state index contributed by atoms with van der Waals surface area (Å²) in [7, 11) is 1.75. The van der Waals surface area contributed by atoms with Crippen molar-refractivity contribution in [2.24, 2.45) is 4.99 Å². The predicted molar refractivity (Wildman–Crippen MR) is 132 cm³/mol. The van der Waals surface area contributed by atoms with Gasteiger partial charge in [0.2, 0.25) is 0 Å². The summed E-state index contributed by atoms with van der Waals surface area (Å²) in [4.78, 5) is 39.3. The molecule has 0 aliphatic rings. The van der Waals surface area contributed by atoms with Gasteiger partial charge in [-0.3, -0.25) is 14.4 Å². The molecule has 0 bridgehead atoms. The monoisotopic (exact) mass is 455 g/mol. The van der Waals surface area contributed by atoms with E-state index in [2.05, 4.69) is 21.5 Å². The number of aliphatic imine (C=N–C) groups is 1. The number of aliphatic carboxylic acids is 1. The van der Waals surface area contributed by atoms with Crippen LogP contribution in [-0.4, -0.2) is 53.3 Å². The Morgan fingerprint density at radius 3 is 2.12 bits per heavy atom. The van der Waals surface area contributed by atoms with Crippen molar-refractivity contribution in [2.45, 2.75) is 47.1 Å². The number of rotatable bonds is 6. The van der Waals surface area contributed by atoms with Gasteiger partial charge in [-0.25, -0.2) is 0 Å². The van der Waals surface area contributed by atoms with Crippen LogP contribution in [0, 0.1) is 12.3 Å². The zero-order valence-electron chi connectivity index (χ0n) is 20.2. The van der Waals surface area contributed by atoms with Crippen LogP contribution in [-0.2, 0) is 9.59 Å². The van der Waals surface area contributed by atoms with Gasteiger partial charge in [0.25, 0.3) is 11.8 Å². The number of carbonyl (C=O) groups is 3. The number of aliphatic hydroxyl groups is 1. The van der Waals surface area contributed by atoms with Crippen LogP contribution in [0.25, 0.3) is 11.3 Å². The van der Waals surface area contributed by atoms with Crippen molar-refractivity contribution in [3.05, 3.63) is 46.5 Å². The molecule has 0 atom stereocenters. The van der Waals surface area contributed by atoms with Crippen molar-refractivity contribution in [3.8, 4) is 12.3 Å². The lowest BCUT2D eigenvalue weighted by Crippen LogP contribution is -2.41. The minimum absolute atomic E-state index is 0.195. The summed E-state index contributed by atoms with van der Waals surface area (Å²) in [5, 5.41) is 24.5. The maximum absolute atomic E-state index is 12.8. The molecular formula is C25H33N3O5. The summed E-state index contributed by atoms with van der Waals surface area (Å²) >= 11 is 0. The topological polar surface area (TPSA) is 128 Å². The molecule has 0 heterocycles. The van der Waals surface area contributed by atoms with Gasteiger partial charge in [-0.15, -0.1) is 6.42 Å². The number of carboxylic acids is 1. The predicted octanol–water partition coefficient (Wildman–Crippen LogP) is 3.45. The fraction of sp³-hybridized carbons (Fsp3) is 0.360. The van der Waals surface area contributed by atoms with Crippen LogP contribution in [0.4, 0.5) is 0 Å². The standard InChI is InChI=1S/C22H26N2O5.C3H7N/c1-7-13(3)18-15(10-9-11-16(18)21(29)24-22(4,5)6)19(27)14(8-2)20(28)23-12-17(25)26;1-3-4-2/h2,7,9-11,27H,12H2,1,3-6H3,(H,23,28)(H,24,29)(H,25,26);3H,1-2H3/b13-7-,19-14-;. The molecule has 0 saturated carbocycles. The number of carboxylic acid groups (broad SMARTS) is 1. The van der Waals surface area contributed by atoms with E-state index in [1.165, 1.54) is 6.07 Å². The molecule has 33 heavy (non-hydrogen) atoms. The van der Waals surface area contributed by atoms with Crippen molar-refractivity contribution in [1.82, 2.24) is 10.6 Å². The lowest BCUT2D eigenvalue weighted by atomic mass is 9.91. The molecule has 1 aromatic rings. The lowest BCUT2D eigenvalue weighted by Gasteiger charge is -2.23. The molecule has 178 valence electrons. The first kappa shape index (κ1) is 29.1. The van der Waals surface area contributed by atoms with Gasteiger partial charge < -0.3 is 25.8 Å². The fourth-order valence-electron chi connectivity index (χ4n) is 2.54. The highest BCUT2D eigenvalue weighted by atomic mass is 16.4. The minimum Gasteiger partial charge on any atom is -0.506 e. The van der Waals surface area contributed by atoms with Crippen LogP contribution in [0.1, 0.15) is 63.0 Å². The van der Waals surface area contributed by atoms with Gasteiger partial charge in [-0.05, 0) is 59.4 Å². The van der Waals surface area contributed by atoms with Crippen LogP contribution in [0.5, 0.6) is 0 Å². The highest BCUT2D eigenvalue weighted by Gasteiger charge is 2.24. The first-order valence-electron chi connectivity index (χ1n) is 10.2. The Morgan fingerprint density at radius 2 is 1.70 bits per heavy atom. The van der Waals surface area contributed by atoms with E-state index in [4.69, 9.17) is 11.5 Å². The largest absolute Gasteiger partial charge is 0.506 e. The summed E-state index contributed by atoms with van der Waals surface area (Å²) in [5.41, 5.74) is 0.709. The number of allylic oxidation sites excluding steroid dienone is 2. The van der Waals surface area contributed by atoms with Gasteiger partial charge in [0, 0.05) is 29.3 Å². The van der Waals surface area contributed by atoms with Crippen LogP contribution < -0.4 is 10.6 Å². The molecule has 1 aromatic carbocycles. The first-order valence-corrected chi connectivity index (χ1v) is 10.2. The van der Waals surface area contributed by atoms with E-state index in [1.807, 2.05) is 27.7 Å². The Labute approximate surface area is 195 Å². The lowest BCUT2D eigenvalue weighted by molar-refractivity contribution is -0.137. The number of carbonyl (C=O) groups excluding carboxylic acids is 2. The first-order chi connectivity index (χ1) is 15.3. The third kappa shape index (κ3) is 9.44. The Kier molecular flexibility index (Phi) is 11.9. The molecule has 8 nitrogen and oxygen atoms in total. The van der Waals surface area contributed by atoms with Crippen LogP contribution >= 0.6 is 0 Å². The number of benzene rings is 1. The van der Waals surface area contributed by atoms with E-state index in [0.717, 1.165) is 0 Å². The second kappa shape index (κ2) is 13.5. The smallest absolute Gasteiger partial charge is 0.322 e. The maximum Gasteiger partial charge on any atom is 0.322 e. The van der Waals surface area contributed by atoms with Gasteiger partial charge in [-0.2, -0.15) is 0 Å². The molecule has 0 aliphatic heterocycles. The third-order valence-corrected chi connectivity index (χ3v) is 4.15. The Morgan fingerprint density at radius 1 is 1.15 bits per heavy atom. The van der Waals surface area contributed by atoms with Crippen molar-refractivity contribution in [2.75, 3.05) is 13.6 Å². The highest BCUT2D eigenvalue weighted by Crippen LogP contribution is 2.29. The number of aliphatic hydroxyl groups excluding tert-OH is 1. The van der Waals surface area contributed by atoms with Crippen molar-refractivity contribution < 1.29 is 24.6 Å². The number of amides is 2. The average Bonchev–Trinajstić information content (AvgIpc) is 2.75. The zero-order chi connectivity index (χ0) is 25.8. The van der Waals surface area contributed by atoms with Crippen LogP contribution in [0.15, 0.2) is 34.8 Å². The number of nitrogens with one attached hydrogen (secondary N) is 2. The van der Waals surface area contributed by atoms with Crippen molar-refractivity contribution in [3.63, 3.8) is 0 Å². The normalized spacial score (nSPS) is 12.1. The van der Waals surface area contributed by atoms with E-state index in [0.29, 0.717) is 16.7 Å². The maximum atomic E-state index is 12.8. The number of terminal acetylenes is 1. The number of nitrogens with zero attached hydrogens (tertiary/aromatic N) is 1. The van der Waals surface area contributed by atoms with Gasteiger partial charge in [0.05, 0.1) is 0 Å². The molecule has 0 radical (unpaired) electrons. The molecule has 0 aromatic heterocycles. The van der Waals surface area contributed by atoms with Crippen molar-refractivity contribution in [1.29, 1.82) is 0 Å². The zero-order valence-corrected chi connectivity index (χ0v) is 20.2. The van der Waals surface area contributed by atoms with E-state index < -0.39 is 35.3 Å². The minimum atomic E-state index is -1.25. The SMILES string of the molecule is C#C/C(C(=O)NCC(=O)O)=C(/O)c1cccc(C(=O)NC(C)(C)C)c1/C(C)=C\C.CC=NC. The van der Waals surface area contributed by atoms with Crippen LogP contribution in [0.3, 0.4) is 0 Å². The van der Waals surface area contributed by atoms with Crippen LogP contribution in [0.2, 0.25) is 0 Å². The molecule has 0 spiro atoms. The molecule has 1 rings (SSSR count). The summed E-state index contributed by atoms with van der Waals surface area (Å²) in [6.45, 7) is 10.3. The summed E-state index contributed by atoms with van der Waals surface area (Å²) < 4.78 is 0. The molecule has 0 unspecified atom stereocenters. The molecular weight excluding hydrogens is 422 g/mol. The molecule has 2 amide bonds. The van der Waals surface area contributed by atoms with Crippen molar-refractivity contribution >= 4 is 35.3 Å². The summed E-state index contributed by atoms with van der Waals surface area (Å²) in [6.07, 6.45) is 8.90. The second-order valence-electron chi connectivity index (χ2n) is 7.86. The quantitative estimate of drug-likeness (QED) is 0.226. The average molecular weight is 456 g/mol. The Bertz CT molecular complexity index is 1000. The summed E-state index contributed by atoms with van der Waals surface area (Å²) in [5.74, 6) is -0.915. The Hall–Kier alpha value is -3.86. The third-order valence-electron chi connectivity index (χ3n) is 4.15. The van der Waals surface area contributed by atoms with E-state index in [-0.39, 0.29) is 11.5 Å². The van der Waals surface area contributed by atoms with Gasteiger partial charge in [0.1, 0.15) is 17.9 Å². The fourth-order valence-corrected chi connectivity index (χ4v) is 2.54. The number of hydrogen-bond acceptors (Lipinski definition) is 5. The highest BCUT2D eigenvalue weighted by molar-refractivity contribution is 6.07. The van der Waals surface area contributed by atoms with Gasteiger partial charge in [-0.1, -0.05) is 24.1 Å². The molecule has 0 aliphatic carbocycles. The Balaban J connectivity index is 0.00000235. The summed E-state index contributed by atoms with van der Waals surface area (Å²) in [6, 6.07) is 4.71. The molecule has 4 N–H and O–H groups in total. The van der Waals surface area contributed by atoms with Gasteiger partial charge >= 0.3 is 5.97 Å². The molecule has 0 saturated heterocycles. The second-order valence-corrected chi connectivity index (χ2v) is 7.86. The molecule has 0 fully saturated rings. The van der Waals surface area contributed by atoms with E-state index in [1.54, 1.807) is 45.3 Å². The van der Waals surface area contributed by atoms with Gasteiger partial charge in [0.15, 0.2) is 0 Å².